The van der Waals surface area contributed by atoms with Crippen molar-refractivity contribution in [1.82, 2.24) is 14.8 Å². The van der Waals surface area contributed by atoms with Gasteiger partial charge < -0.3 is 25.3 Å². The van der Waals surface area contributed by atoms with Crippen LogP contribution in [0.15, 0.2) is 54.7 Å². The number of carboxylic acids is 4. The van der Waals surface area contributed by atoms with Crippen molar-refractivity contribution < 1.29 is 83.9 Å². The average Bonchev–Trinajstić information content (AvgIpc) is 3.00. The minimum Gasteiger partial charge on any atom is -0.478 e. The van der Waals surface area contributed by atoms with Gasteiger partial charge in [-0.1, -0.05) is 30.3 Å². The lowest BCUT2D eigenvalue weighted by Crippen LogP contribution is -2.43. The van der Waals surface area contributed by atoms with Crippen LogP contribution in [0.25, 0.3) is 12.2 Å². The Morgan fingerprint density at radius 1 is 0.680 bits per heavy atom. The molecule has 0 saturated carbocycles. The van der Waals surface area contributed by atoms with E-state index in [4.69, 9.17) is 34.8 Å². The van der Waals surface area contributed by atoms with Gasteiger partial charge in [0.1, 0.15) is 0 Å². The minimum absolute atomic E-state index is 0.0639. The number of allylic oxidation sites excluding steroid dienone is 1. The highest BCUT2D eigenvalue weighted by Crippen LogP contribution is 2.15. The number of pyridine rings is 1. The Bertz CT molecular complexity index is 1420. The molecule has 0 unspecified atom stereocenters. The van der Waals surface area contributed by atoms with Gasteiger partial charge in [0.05, 0.1) is 5.69 Å². The molecule has 276 valence electrons. The Kier molecular flexibility index (Phi) is 18.1. The molecule has 1 fully saturated rings. The maximum absolute atomic E-state index is 12.4. The van der Waals surface area contributed by atoms with Crippen molar-refractivity contribution in [3.05, 3.63) is 77.1 Å². The summed E-state index contributed by atoms with van der Waals surface area (Å²) in [5.74, 6) is -9.35. The summed E-state index contributed by atoms with van der Waals surface area (Å²) in [6.07, 6.45) is -7.96. The Labute approximate surface area is 276 Å². The highest BCUT2D eigenvalue weighted by Gasteiger charge is 2.39. The van der Waals surface area contributed by atoms with Crippen LogP contribution in [0.1, 0.15) is 27.2 Å². The van der Waals surface area contributed by atoms with Crippen LogP contribution in [0, 0.1) is 0 Å². The number of rotatable bonds is 7. The number of nitrogens with zero attached hydrogens (tertiary/aromatic N) is 3. The zero-order valence-corrected chi connectivity index (χ0v) is 25.5. The first-order valence-corrected chi connectivity index (χ1v) is 13.3. The summed E-state index contributed by atoms with van der Waals surface area (Å²) < 4.78 is 95.2. The summed E-state index contributed by atoms with van der Waals surface area (Å²) in [4.78, 5) is 58.5. The van der Waals surface area contributed by atoms with Crippen molar-refractivity contribution in [3.63, 3.8) is 0 Å². The summed E-state index contributed by atoms with van der Waals surface area (Å²) in [6, 6.07) is 11.3. The lowest BCUT2D eigenvalue weighted by atomic mass is 10.1. The number of hydrogen-bond acceptors (Lipinski definition) is 8. The third-order valence-corrected chi connectivity index (χ3v) is 5.60. The lowest BCUT2D eigenvalue weighted by molar-refractivity contribution is -0.193. The van der Waals surface area contributed by atoms with Crippen LogP contribution in [-0.4, -0.2) is 117 Å². The minimum atomic E-state index is -5.08. The zero-order chi connectivity index (χ0) is 38.9. The van der Waals surface area contributed by atoms with Crippen LogP contribution >= 0.6 is 0 Å². The van der Waals surface area contributed by atoms with E-state index in [9.17, 15) is 49.1 Å². The van der Waals surface area contributed by atoms with Gasteiger partial charge in [0, 0.05) is 50.6 Å². The monoisotopic (exact) mass is 733 g/mol. The fourth-order valence-corrected chi connectivity index (χ4v) is 3.08. The van der Waals surface area contributed by atoms with Crippen LogP contribution in [0.2, 0.25) is 0 Å². The maximum Gasteiger partial charge on any atom is 0.490 e. The molecule has 2 heterocycles. The summed E-state index contributed by atoms with van der Waals surface area (Å²) in [5.41, 5.74) is 3.19. The van der Waals surface area contributed by atoms with Gasteiger partial charge in [-0.3, -0.25) is 14.7 Å². The molecule has 1 aliphatic heterocycles. The molecule has 0 amide bonds. The number of carbonyl (C=O) groups excluding carboxylic acids is 1. The van der Waals surface area contributed by atoms with E-state index < -0.39 is 42.4 Å². The second kappa shape index (κ2) is 20.3. The Morgan fingerprint density at radius 2 is 1.12 bits per heavy atom. The van der Waals surface area contributed by atoms with E-state index in [1.54, 1.807) is 24.4 Å². The molecule has 1 aliphatic rings. The number of alkyl halides is 9. The fraction of sp³-hybridized carbons (Fsp3) is 0.310. The standard InChI is InChI=1S/C23H25N3O3.3C2HF3O2/c1-25-12-14-26(15-13-25)17-19-2-6-20(7-3-19)22(27)10-5-18-4-8-21(24-16-18)9-11-23(28)29;3*3-2(4,5)1(6)7/h2-11,16H,12-15,17H2,1H3,(H,28,29);3*(H,6,7)/b10-5+,11-9+;;;. The molecule has 0 radical (unpaired) electrons. The van der Waals surface area contributed by atoms with E-state index in [0.717, 1.165) is 44.4 Å². The lowest BCUT2D eigenvalue weighted by Gasteiger charge is -2.32. The smallest absolute Gasteiger partial charge is 0.478 e. The van der Waals surface area contributed by atoms with Gasteiger partial charge in [0.25, 0.3) is 0 Å². The number of halogens is 9. The normalized spacial score (nSPS) is 14.0. The van der Waals surface area contributed by atoms with Gasteiger partial charge in [-0.2, -0.15) is 39.5 Å². The number of ketones is 1. The first-order valence-electron chi connectivity index (χ1n) is 13.3. The van der Waals surface area contributed by atoms with Crippen molar-refractivity contribution in [2.24, 2.45) is 0 Å². The quantitative estimate of drug-likeness (QED) is 0.175. The first-order chi connectivity index (χ1) is 22.8. The number of carbonyl (C=O) groups is 5. The van der Waals surface area contributed by atoms with Crippen LogP contribution in [0.5, 0.6) is 0 Å². The second-order valence-electron chi connectivity index (χ2n) is 9.57. The van der Waals surface area contributed by atoms with Gasteiger partial charge >= 0.3 is 42.4 Å². The van der Waals surface area contributed by atoms with Crippen LogP contribution in [-0.2, 0) is 25.7 Å². The van der Waals surface area contributed by atoms with Crippen molar-refractivity contribution in [3.8, 4) is 0 Å². The molecule has 4 N–H and O–H groups in total. The van der Waals surface area contributed by atoms with Gasteiger partial charge in [-0.15, -0.1) is 0 Å². The van der Waals surface area contributed by atoms with Crippen LogP contribution in [0.3, 0.4) is 0 Å². The van der Waals surface area contributed by atoms with E-state index in [0.29, 0.717) is 11.3 Å². The van der Waals surface area contributed by atoms with E-state index >= 15 is 0 Å². The number of carboxylic acid groups (broad SMARTS) is 4. The Hall–Kier alpha value is -5.31. The van der Waals surface area contributed by atoms with Gasteiger partial charge in [0.15, 0.2) is 5.78 Å². The summed E-state index contributed by atoms with van der Waals surface area (Å²) in [5, 5.41) is 30.0. The third-order valence-electron chi connectivity index (χ3n) is 5.60. The topological polar surface area (TPSA) is 186 Å². The van der Waals surface area contributed by atoms with Crippen molar-refractivity contribution in [2.75, 3.05) is 33.2 Å². The van der Waals surface area contributed by atoms with E-state index in [2.05, 4.69) is 21.8 Å². The molecule has 0 bridgehead atoms. The average molecular weight is 734 g/mol. The highest BCUT2D eigenvalue weighted by molar-refractivity contribution is 6.06. The maximum atomic E-state index is 12.4. The molecule has 1 aromatic carbocycles. The van der Waals surface area contributed by atoms with Crippen molar-refractivity contribution in [2.45, 2.75) is 25.1 Å². The molecule has 3 rings (SSSR count). The molecular formula is C29H28F9N3O9. The van der Waals surface area contributed by atoms with Crippen molar-refractivity contribution >= 4 is 41.8 Å². The SMILES string of the molecule is CN1CCN(Cc2ccc(C(=O)/C=C/c3ccc(/C=C/C(=O)O)nc3)cc2)CC1.O=C(O)C(F)(F)F.O=C(O)C(F)(F)F.O=C(O)C(F)(F)F. The molecule has 0 atom stereocenters. The van der Waals surface area contributed by atoms with E-state index in [-0.39, 0.29) is 5.78 Å². The largest absolute Gasteiger partial charge is 0.490 e. The highest BCUT2D eigenvalue weighted by atomic mass is 19.4. The molecule has 1 aromatic heterocycles. The third kappa shape index (κ3) is 20.1. The molecule has 12 nitrogen and oxygen atoms in total. The Morgan fingerprint density at radius 3 is 1.48 bits per heavy atom. The summed E-state index contributed by atoms with van der Waals surface area (Å²) in [7, 11) is 2.15. The van der Waals surface area contributed by atoms with Gasteiger partial charge in [0.2, 0.25) is 0 Å². The molecule has 1 saturated heterocycles. The number of aliphatic carboxylic acids is 4. The predicted octanol–water partition coefficient (Wildman–Crippen LogP) is 4.72. The van der Waals surface area contributed by atoms with Gasteiger partial charge in [-0.25, -0.2) is 19.2 Å². The van der Waals surface area contributed by atoms with Crippen molar-refractivity contribution in [1.29, 1.82) is 0 Å². The zero-order valence-electron chi connectivity index (χ0n) is 25.5. The van der Waals surface area contributed by atoms with Crippen LogP contribution < -0.4 is 0 Å². The van der Waals surface area contributed by atoms with E-state index in [1.165, 1.54) is 17.7 Å². The first kappa shape index (κ1) is 44.7. The molecule has 2 aromatic rings. The number of piperazine rings is 1. The summed E-state index contributed by atoms with van der Waals surface area (Å²) >= 11 is 0. The number of benzene rings is 1. The molecular weight excluding hydrogens is 705 g/mol. The number of aromatic nitrogens is 1. The Balaban J connectivity index is 0.000000928. The fourth-order valence-electron chi connectivity index (χ4n) is 3.08. The number of likely N-dealkylation sites (N-methyl/N-ethyl adjacent to an activating group) is 1. The summed E-state index contributed by atoms with van der Waals surface area (Å²) in [6.45, 7) is 5.23. The second-order valence-corrected chi connectivity index (χ2v) is 9.57. The van der Waals surface area contributed by atoms with E-state index in [1.807, 2.05) is 24.3 Å². The predicted molar refractivity (Wildman–Crippen MR) is 155 cm³/mol. The molecule has 21 heteroatoms. The van der Waals surface area contributed by atoms with Gasteiger partial charge in [-0.05, 0) is 42.5 Å². The molecule has 0 aliphatic carbocycles. The molecule has 0 spiro atoms. The molecule has 50 heavy (non-hydrogen) atoms. The number of hydrogen-bond donors (Lipinski definition) is 4. The van der Waals surface area contributed by atoms with Crippen LogP contribution in [0.4, 0.5) is 39.5 Å².